The van der Waals surface area contributed by atoms with Crippen molar-refractivity contribution < 1.29 is 8.42 Å². The topological polar surface area (TPSA) is 85.1 Å². The SMILES string of the molecule is Nc1ccc(NS(=O)(=O)c2ccc(Cl)c(Br)c2)nc1. The van der Waals surface area contributed by atoms with Crippen LogP contribution >= 0.6 is 27.5 Å². The molecule has 5 nitrogen and oxygen atoms in total. The zero-order chi connectivity index (χ0) is 14.0. The fraction of sp³-hybridized carbons (Fsp3) is 0. The maximum Gasteiger partial charge on any atom is 0.263 e. The van der Waals surface area contributed by atoms with Gasteiger partial charge >= 0.3 is 0 Å². The Balaban J connectivity index is 2.32. The van der Waals surface area contributed by atoms with Crippen LogP contribution in [-0.2, 0) is 10.0 Å². The maximum atomic E-state index is 12.1. The molecule has 1 aromatic carbocycles. The van der Waals surface area contributed by atoms with Crippen LogP contribution in [0.15, 0.2) is 45.9 Å². The minimum absolute atomic E-state index is 0.0856. The molecule has 3 N–H and O–H groups in total. The number of aromatic nitrogens is 1. The number of sulfonamides is 1. The van der Waals surface area contributed by atoms with Gasteiger partial charge in [0.2, 0.25) is 0 Å². The summed E-state index contributed by atoms with van der Waals surface area (Å²) in [4.78, 5) is 3.96. The summed E-state index contributed by atoms with van der Waals surface area (Å²) in [5, 5.41) is 0.435. The van der Waals surface area contributed by atoms with Crippen LogP contribution in [0.3, 0.4) is 0 Å². The first-order valence-corrected chi connectivity index (χ1v) is 7.73. The predicted octanol–water partition coefficient (Wildman–Crippen LogP) is 2.88. The molecule has 1 aromatic heterocycles. The second-order valence-electron chi connectivity index (χ2n) is 3.66. The highest BCUT2D eigenvalue weighted by Crippen LogP contribution is 2.26. The molecule has 100 valence electrons. The van der Waals surface area contributed by atoms with Gasteiger partial charge in [-0.2, -0.15) is 0 Å². The van der Waals surface area contributed by atoms with E-state index in [9.17, 15) is 8.42 Å². The quantitative estimate of drug-likeness (QED) is 0.879. The molecular weight excluding hydrogens is 354 g/mol. The van der Waals surface area contributed by atoms with E-state index in [2.05, 4.69) is 25.6 Å². The van der Waals surface area contributed by atoms with Crippen LogP contribution < -0.4 is 10.5 Å². The molecule has 0 amide bonds. The number of pyridine rings is 1. The number of anilines is 2. The number of nitrogens with one attached hydrogen (secondary N) is 1. The molecule has 2 aromatic rings. The van der Waals surface area contributed by atoms with Gasteiger partial charge in [-0.25, -0.2) is 13.4 Å². The van der Waals surface area contributed by atoms with Crippen LogP contribution in [0, 0.1) is 0 Å². The fourth-order valence-corrected chi connectivity index (χ4v) is 2.99. The van der Waals surface area contributed by atoms with Gasteiger partial charge in [0.1, 0.15) is 5.82 Å². The number of hydrogen-bond acceptors (Lipinski definition) is 4. The number of rotatable bonds is 3. The second-order valence-corrected chi connectivity index (χ2v) is 6.60. The standard InChI is InChI=1S/C11H9BrClN3O2S/c12-9-5-8(2-3-10(9)13)19(17,18)16-11-4-1-7(14)6-15-11/h1-6H,14H2,(H,15,16). The summed E-state index contributed by atoms with van der Waals surface area (Å²) in [6.07, 6.45) is 1.37. The molecule has 0 fully saturated rings. The van der Waals surface area contributed by atoms with E-state index in [1.54, 1.807) is 6.07 Å². The smallest absolute Gasteiger partial charge is 0.263 e. The molecule has 1 heterocycles. The van der Waals surface area contributed by atoms with E-state index in [4.69, 9.17) is 17.3 Å². The molecule has 0 saturated carbocycles. The Morgan fingerprint density at radius 1 is 1.26 bits per heavy atom. The highest BCUT2D eigenvalue weighted by Gasteiger charge is 2.15. The molecule has 0 aliphatic carbocycles. The van der Waals surface area contributed by atoms with Gasteiger partial charge in [0, 0.05) is 4.47 Å². The van der Waals surface area contributed by atoms with E-state index in [-0.39, 0.29) is 10.7 Å². The van der Waals surface area contributed by atoms with Gasteiger partial charge in [-0.15, -0.1) is 0 Å². The molecule has 0 unspecified atom stereocenters. The average Bonchev–Trinajstić information content (AvgIpc) is 2.35. The zero-order valence-electron chi connectivity index (χ0n) is 9.47. The Labute approximate surface area is 124 Å². The van der Waals surface area contributed by atoms with Crippen LogP contribution in [0.4, 0.5) is 11.5 Å². The van der Waals surface area contributed by atoms with Crippen molar-refractivity contribution >= 4 is 49.1 Å². The van der Waals surface area contributed by atoms with Crippen molar-refractivity contribution in [1.82, 2.24) is 4.98 Å². The first-order chi connectivity index (χ1) is 8.88. The summed E-state index contributed by atoms with van der Waals surface area (Å²) in [5.74, 6) is 0.195. The molecule has 0 atom stereocenters. The monoisotopic (exact) mass is 361 g/mol. The molecule has 8 heteroatoms. The van der Waals surface area contributed by atoms with Gasteiger partial charge in [0.05, 0.1) is 21.8 Å². The molecule has 0 aliphatic rings. The number of nitrogen functional groups attached to an aromatic ring is 1. The van der Waals surface area contributed by atoms with Crippen molar-refractivity contribution in [3.05, 3.63) is 46.0 Å². The Hall–Kier alpha value is -1.31. The summed E-state index contributed by atoms with van der Waals surface area (Å²) in [6.45, 7) is 0. The zero-order valence-corrected chi connectivity index (χ0v) is 12.6. The molecule has 2 rings (SSSR count). The summed E-state index contributed by atoms with van der Waals surface area (Å²) >= 11 is 9.00. The number of benzene rings is 1. The average molecular weight is 363 g/mol. The lowest BCUT2D eigenvalue weighted by Gasteiger charge is -2.08. The van der Waals surface area contributed by atoms with E-state index in [1.807, 2.05) is 0 Å². The van der Waals surface area contributed by atoms with Crippen molar-refractivity contribution in [2.75, 3.05) is 10.5 Å². The van der Waals surface area contributed by atoms with Crippen molar-refractivity contribution in [3.63, 3.8) is 0 Å². The predicted molar refractivity (Wildman–Crippen MR) is 78.6 cm³/mol. The van der Waals surface area contributed by atoms with Crippen molar-refractivity contribution in [3.8, 4) is 0 Å². The number of hydrogen-bond donors (Lipinski definition) is 2. The van der Waals surface area contributed by atoms with E-state index in [0.717, 1.165) is 0 Å². The third-order valence-electron chi connectivity index (χ3n) is 2.23. The Kier molecular flexibility index (Phi) is 3.98. The summed E-state index contributed by atoms with van der Waals surface area (Å²) in [6, 6.07) is 7.37. The van der Waals surface area contributed by atoms with Gasteiger partial charge in [-0.3, -0.25) is 4.72 Å². The third kappa shape index (κ3) is 3.37. The number of halogens is 2. The van der Waals surface area contributed by atoms with E-state index >= 15 is 0 Å². The minimum atomic E-state index is -3.71. The summed E-state index contributed by atoms with van der Waals surface area (Å²) in [7, 11) is -3.71. The van der Waals surface area contributed by atoms with E-state index in [1.165, 1.54) is 30.5 Å². The van der Waals surface area contributed by atoms with Crippen LogP contribution in [0.2, 0.25) is 5.02 Å². The molecule has 19 heavy (non-hydrogen) atoms. The molecule has 0 radical (unpaired) electrons. The highest BCUT2D eigenvalue weighted by molar-refractivity contribution is 9.10. The molecule has 0 saturated heterocycles. The number of nitrogens with two attached hydrogens (primary N) is 1. The summed E-state index contributed by atoms with van der Waals surface area (Å²) < 4.78 is 27.1. The molecule has 0 aliphatic heterocycles. The van der Waals surface area contributed by atoms with E-state index in [0.29, 0.717) is 15.2 Å². The number of nitrogens with zero attached hydrogens (tertiary/aromatic N) is 1. The van der Waals surface area contributed by atoms with Gasteiger partial charge in [-0.1, -0.05) is 11.6 Å². The Morgan fingerprint density at radius 3 is 2.58 bits per heavy atom. The summed E-state index contributed by atoms with van der Waals surface area (Å²) in [5.41, 5.74) is 5.93. The van der Waals surface area contributed by atoms with Gasteiger partial charge in [-0.05, 0) is 46.3 Å². The molecular formula is C11H9BrClN3O2S. The minimum Gasteiger partial charge on any atom is -0.397 e. The van der Waals surface area contributed by atoms with Crippen LogP contribution in [0.1, 0.15) is 0 Å². The van der Waals surface area contributed by atoms with Gasteiger partial charge in [0.15, 0.2) is 0 Å². The lowest BCUT2D eigenvalue weighted by molar-refractivity contribution is 0.601. The first kappa shape index (κ1) is 14.1. The Morgan fingerprint density at radius 2 is 2.00 bits per heavy atom. The van der Waals surface area contributed by atoms with Crippen molar-refractivity contribution in [1.29, 1.82) is 0 Å². The Bertz CT molecular complexity index is 704. The van der Waals surface area contributed by atoms with Crippen molar-refractivity contribution in [2.24, 2.45) is 0 Å². The maximum absolute atomic E-state index is 12.1. The lowest BCUT2D eigenvalue weighted by Crippen LogP contribution is -2.13. The first-order valence-electron chi connectivity index (χ1n) is 5.08. The fourth-order valence-electron chi connectivity index (χ4n) is 1.31. The van der Waals surface area contributed by atoms with Crippen LogP contribution in [0.25, 0.3) is 0 Å². The van der Waals surface area contributed by atoms with Gasteiger partial charge < -0.3 is 5.73 Å². The largest absolute Gasteiger partial charge is 0.397 e. The second kappa shape index (κ2) is 5.36. The normalized spacial score (nSPS) is 11.3. The molecule has 0 spiro atoms. The highest BCUT2D eigenvalue weighted by atomic mass is 79.9. The van der Waals surface area contributed by atoms with Crippen LogP contribution in [-0.4, -0.2) is 13.4 Å². The molecule has 0 bridgehead atoms. The van der Waals surface area contributed by atoms with Crippen molar-refractivity contribution in [2.45, 2.75) is 4.90 Å². The van der Waals surface area contributed by atoms with E-state index < -0.39 is 10.0 Å². The van der Waals surface area contributed by atoms with Crippen LogP contribution in [0.5, 0.6) is 0 Å². The lowest BCUT2D eigenvalue weighted by atomic mass is 10.4. The third-order valence-corrected chi connectivity index (χ3v) is 4.79. The van der Waals surface area contributed by atoms with Gasteiger partial charge in [0.25, 0.3) is 10.0 Å².